The highest BCUT2D eigenvalue weighted by molar-refractivity contribution is 5.72. The largest absolute Gasteiger partial charge is 0.462 e. The minimum absolute atomic E-state index is 0.0188. The normalized spacial score (nSPS) is 21.6. The van der Waals surface area contributed by atoms with Crippen LogP contribution in [-0.4, -0.2) is 12.1 Å². The van der Waals surface area contributed by atoms with Gasteiger partial charge in [0.2, 0.25) is 0 Å². The van der Waals surface area contributed by atoms with E-state index in [1.54, 1.807) is 0 Å². The Morgan fingerprint density at radius 1 is 1.57 bits per heavy atom. The summed E-state index contributed by atoms with van der Waals surface area (Å²) >= 11 is 0. The summed E-state index contributed by atoms with van der Waals surface area (Å²) < 4.78 is 5.43. The monoisotopic (exact) mass is 196 g/mol. The molecule has 0 spiro atoms. The zero-order chi connectivity index (χ0) is 10.6. The molecule has 0 aliphatic heterocycles. The van der Waals surface area contributed by atoms with Crippen LogP contribution < -0.4 is 0 Å². The van der Waals surface area contributed by atoms with Gasteiger partial charge in [-0.1, -0.05) is 26.0 Å². The third-order valence-electron chi connectivity index (χ3n) is 2.94. The van der Waals surface area contributed by atoms with Crippen LogP contribution in [0.15, 0.2) is 12.2 Å². The fourth-order valence-corrected chi connectivity index (χ4v) is 1.87. The van der Waals surface area contributed by atoms with Crippen LogP contribution in [0.25, 0.3) is 0 Å². The zero-order valence-corrected chi connectivity index (χ0v) is 9.21. The third-order valence-corrected chi connectivity index (χ3v) is 2.94. The summed E-state index contributed by atoms with van der Waals surface area (Å²) in [5.41, 5.74) is 1.22. The lowest BCUT2D eigenvalue weighted by atomic mass is 10.0. The maximum Gasteiger partial charge on any atom is 0.309 e. The van der Waals surface area contributed by atoms with Gasteiger partial charge in [0.1, 0.15) is 6.10 Å². The predicted molar refractivity (Wildman–Crippen MR) is 56.9 cm³/mol. The van der Waals surface area contributed by atoms with Crippen LogP contribution in [0, 0.1) is 5.92 Å². The van der Waals surface area contributed by atoms with Crippen LogP contribution in [0.5, 0.6) is 0 Å². The molecule has 14 heavy (non-hydrogen) atoms. The maximum absolute atomic E-state index is 11.6. The van der Waals surface area contributed by atoms with Crippen molar-refractivity contribution in [1.82, 2.24) is 0 Å². The third kappa shape index (κ3) is 2.86. The molecule has 1 aliphatic carbocycles. The van der Waals surface area contributed by atoms with Crippen LogP contribution in [-0.2, 0) is 9.53 Å². The zero-order valence-electron chi connectivity index (χ0n) is 9.21. The minimum Gasteiger partial charge on any atom is -0.462 e. The number of carbonyl (C=O) groups is 1. The molecule has 0 aromatic carbocycles. The summed E-state index contributed by atoms with van der Waals surface area (Å²) in [6.45, 7) is 7.97. The van der Waals surface area contributed by atoms with Crippen molar-refractivity contribution in [3.63, 3.8) is 0 Å². The van der Waals surface area contributed by atoms with E-state index >= 15 is 0 Å². The molecule has 0 heterocycles. The fourth-order valence-electron chi connectivity index (χ4n) is 1.87. The van der Waals surface area contributed by atoms with Gasteiger partial charge in [-0.05, 0) is 25.7 Å². The number of rotatable bonds is 4. The minimum atomic E-state index is -0.0188. The average molecular weight is 196 g/mol. The molecular formula is C12H20O2. The summed E-state index contributed by atoms with van der Waals surface area (Å²) in [6, 6.07) is 0. The van der Waals surface area contributed by atoms with Crippen LogP contribution in [0.3, 0.4) is 0 Å². The lowest BCUT2D eigenvalue weighted by Crippen LogP contribution is -2.21. The highest BCUT2D eigenvalue weighted by Crippen LogP contribution is 2.26. The van der Waals surface area contributed by atoms with E-state index in [-0.39, 0.29) is 18.0 Å². The molecule has 1 saturated carbocycles. The molecule has 0 N–H and O–H groups in total. The van der Waals surface area contributed by atoms with Crippen molar-refractivity contribution in [3.05, 3.63) is 12.2 Å². The Bertz CT molecular complexity index is 216. The van der Waals surface area contributed by atoms with Crippen LogP contribution in [0.4, 0.5) is 0 Å². The molecule has 1 atom stereocenters. The van der Waals surface area contributed by atoms with E-state index in [1.165, 1.54) is 5.57 Å². The van der Waals surface area contributed by atoms with Gasteiger partial charge in [0.15, 0.2) is 0 Å². The summed E-state index contributed by atoms with van der Waals surface area (Å²) in [4.78, 5) is 11.6. The molecule has 2 heteroatoms. The van der Waals surface area contributed by atoms with Crippen LogP contribution in [0.2, 0.25) is 0 Å². The first-order valence-electron chi connectivity index (χ1n) is 5.54. The summed E-state index contributed by atoms with van der Waals surface area (Å²) in [5.74, 6) is 0.0681. The summed E-state index contributed by atoms with van der Waals surface area (Å²) in [6.07, 6.45) is 4.71. The van der Waals surface area contributed by atoms with E-state index in [0.29, 0.717) is 0 Å². The molecule has 0 amide bonds. The second kappa shape index (κ2) is 5.18. The van der Waals surface area contributed by atoms with Gasteiger partial charge in [0, 0.05) is 6.42 Å². The van der Waals surface area contributed by atoms with Crippen molar-refractivity contribution < 1.29 is 9.53 Å². The molecule has 1 fully saturated rings. The molecule has 0 aromatic rings. The molecule has 1 rings (SSSR count). The number of ether oxygens (including phenoxy) is 1. The number of hydrogen-bond donors (Lipinski definition) is 0. The van der Waals surface area contributed by atoms with Gasteiger partial charge < -0.3 is 4.74 Å². The molecule has 0 aromatic heterocycles. The molecule has 80 valence electrons. The van der Waals surface area contributed by atoms with Crippen molar-refractivity contribution in [2.24, 2.45) is 5.92 Å². The van der Waals surface area contributed by atoms with E-state index < -0.39 is 0 Å². The second-order valence-corrected chi connectivity index (χ2v) is 4.07. The topological polar surface area (TPSA) is 26.3 Å². The summed E-state index contributed by atoms with van der Waals surface area (Å²) in [5, 5.41) is 0. The fraction of sp³-hybridized carbons (Fsp3) is 0.750. The Hall–Kier alpha value is -0.790. The first-order valence-corrected chi connectivity index (χ1v) is 5.54. The Labute approximate surface area is 86.3 Å². The highest BCUT2D eigenvalue weighted by atomic mass is 16.5. The lowest BCUT2D eigenvalue weighted by Gasteiger charge is -2.16. The molecule has 0 radical (unpaired) electrons. The second-order valence-electron chi connectivity index (χ2n) is 4.07. The molecule has 0 unspecified atom stereocenters. The Balaban J connectivity index is 2.36. The van der Waals surface area contributed by atoms with Gasteiger partial charge >= 0.3 is 5.97 Å². The van der Waals surface area contributed by atoms with Gasteiger partial charge in [-0.25, -0.2) is 0 Å². The molecular weight excluding hydrogens is 176 g/mol. The Morgan fingerprint density at radius 2 is 2.21 bits per heavy atom. The Morgan fingerprint density at radius 3 is 2.64 bits per heavy atom. The van der Waals surface area contributed by atoms with Crippen LogP contribution >= 0.6 is 0 Å². The van der Waals surface area contributed by atoms with Gasteiger partial charge in [-0.15, -0.1) is 0 Å². The molecule has 0 saturated heterocycles. The maximum atomic E-state index is 11.6. The highest BCUT2D eigenvalue weighted by Gasteiger charge is 2.24. The first kappa shape index (κ1) is 11.3. The quantitative estimate of drug-likeness (QED) is 0.510. The van der Waals surface area contributed by atoms with Gasteiger partial charge in [0.25, 0.3) is 0 Å². The van der Waals surface area contributed by atoms with E-state index in [1.807, 2.05) is 13.8 Å². The van der Waals surface area contributed by atoms with Crippen LogP contribution in [0.1, 0.15) is 46.0 Å². The van der Waals surface area contributed by atoms with E-state index in [2.05, 4.69) is 6.58 Å². The number of esters is 1. The van der Waals surface area contributed by atoms with E-state index in [0.717, 1.165) is 32.1 Å². The van der Waals surface area contributed by atoms with E-state index in [9.17, 15) is 4.79 Å². The van der Waals surface area contributed by atoms with Gasteiger partial charge in [0.05, 0.1) is 5.92 Å². The van der Waals surface area contributed by atoms with Gasteiger partial charge in [-0.3, -0.25) is 4.79 Å². The molecule has 0 bridgehead atoms. The molecule has 2 nitrogen and oxygen atoms in total. The van der Waals surface area contributed by atoms with Gasteiger partial charge in [-0.2, -0.15) is 0 Å². The number of carbonyl (C=O) groups excluding carboxylic acids is 1. The van der Waals surface area contributed by atoms with Crippen molar-refractivity contribution in [2.45, 2.75) is 52.1 Å². The predicted octanol–water partition coefficient (Wildman–Crippen LogP) is 3.07. The van der Waals surface area contributed by atoms with Crippen molar-refractivity contribution in [3.8, 4) is 0 Å². The SMILES string of the molecule is C=C1CC[C@H](OC(=O)C(CC)CC)C1. The number of hydrogen-bond acceptors (Lipinski definition) is 2. The standard InChI is InChI=1S/C12H20O2/c1-4-10(5-2)12(13)14-11-7-6-9(3)8-11/h10-11H,3-8H2,1-2H3/t11-/m0/s1. The van der Waals surface area contributed by atoms with E-state index in [4.69, 9.17) is 4.74 Å². The summed E-state index contributed by atoms with van der Waals surface area (Å²) in [7, 11) is 0. The van der Waals surface area contributed by atoms with Crippen molar-refractivity contribution in [1.29, 1.82) is 0 Å². The van der Waals surface area contributed by atoms with Crippen molar-refractivity contribution in [2.75, 3.05) is 0 Å². The van der Waals surface area contributed by atoms with Crippen molar-refractivity contribution >= 4 is 5.97 Å². The first-order chi connectivity index (χ1) is 6.67. The Kier molecular flexibility index (Phi) is 4.18. The molecule has 1 aliphatic rings. The smallest absolute Gasteiger partial charge is 0.309 e. The lowest BCUT2D eigenvalue weighted by molar-refractivity contribution is -0.153. The average Bonchev–Trinajstić information content (AvgIpc) is 2.53.